The fraction of sp³-hybridized carbons (Fsp3) is 0.320. The maximum absolute atomic E-state index is 12.2. The Balaban J connectivity index is 0.00000385. The second kappa shape index (κ2) is 13.6. The lowest BCUT2D eigenvalue weighted by molar-refractivity contribution is 0.0827. The van der Waals surface area contributed by atoms with Gasteiger partial charge in [-0.25, -0.2) is 4.99 Å². The van der Waals surface area contributed by atoms with Crippen LogP contribution in [0.4, 0.5) is 0 Å². The molecule has 33 heavy (non-hydrogen) atoms. The zero-order valence-electron chi connectivity index (χ0n) is 19.5. The number of halogens is 1. The van der Waals surface area contributed by atoms with Crippen molar-refractivity contribution >= 4 is 35.8 Å². The summed E-state index contributed by atoms with van der Waals surface area (Å²) in [6, 6.07) is 18.1. The van der Waals surface area contributed by atoms with E-state index in [-0.39, 0.29) is 29.9 Å². The molecule has 1 heterocycles. The number of carbonyl (C=O) groups is 1. The molecule has 3 rings (SSSR count). The van der Waals surface area contributed by atoms with Crippen molar-refractivity contribution in [2.75, 3.05) is 27.2 Å². The van der Waals surface area contributed by atoms with Gasteiger partial charge in [-0.2, -0.15) is 5.10 Å². The summed E-state index contributed by atoms with van der Waals surface area (Å²) in [5, 5.41) is 11.1. The Morgan fingerprint density at radius 3 is 2.52 bits per heavy atom. The van der Waals surface area contributed by atoms with E-state index in [0.29, 0.717) is 12.1 Å². The van der Waals surface area contributed by atoms with Gasteiger partial charge in [-0.15, -0.1) is 24.0 Å². The summed E-state index contributed by atoms with van der Waals surface area (Å²) < 4.78 is 1.93. The molecule has 0 atom stereocenters. The predicted molar refractivity (Wildman–Crippen MR) is 144 cm³/mol. The molecule has 0 radical (unpaired) electrons. The fourth-order valence-electron chi connectivity index (χ4n) is 3.30. The van der Waals surface area contributed by atoms with E-state index in [9.17, 15) is 4.79 Å². The van der Waals surface area contributed by atoms with E-state index >= 15 is 0 Å². The Bertz CT molecular complexity index is 1030. The molecule has 7 nitrogen and oxygen atoms in total. The third-order valence-corrected chi connectivity index (χ3v) is 4.92. The maximum atomic E-state index is 12.2. The van der Waals surface area contributed by atoms with E-state index in [0.717, 1.165) is 43.1 Å². The van der Waals surface area contributed by atoms with Gasteiger partial charge in [0.1, 0.15) is 0 Å². The number of aliphatic imine (C=N–C) groups is 1. The molecule has 0 spiro atoms. The lowest BCUT2D eigenvalue weighted by Gasteiger charge is -2.13. The van der Waals surface area contributed by atoms with Gasteiger partial charge >= 0.3 is 0 Å². The molecule has 3 aromatic rings. The molecule has 0 aliphatic heterocycles. The normalized spacial score (nSPS) is 10.9. The molecule has 0 saturated carbocycles. The summed E-state index contributed by atoms with van der Waals surface area (Å²) >= 11 is 0. The molecule has 1 amide bonds. The molecule has 0 saturated heterocycles. The number of hydrogen-bond acceptors (Lipinski definition) is 3. The van der Waals surface area contributed by atoms with Crippen molar-refractivity contribution in [2.45, 2.75) is 26.4 Å². The number of nitrogens with zero attached hydrogens (tertiary/aromatic N) is 4. The Labute approximate surface area is 213 Å². The van der Waals surface area contributed by atoms with Gasteiger partial charge in [-0.05, 0) is 36.6 Å². The number of nitrogens with one attached hydrogen (secondary N) is 2. The topological polar surface area (TPSA) is 74.5 Å². The minimum Gasteiger partial charge on any atom is -0.357 e. The third-order valence-electron chi connectivity index (χ3n) is 4.92. The summed E-state index contributed by atoms with van der Waals surface area (Å²) in [6.45, 7) is 4.85. The van der Waals surface area contributed by atoms with Crippen molar-refractivity contribution in [1.29, 1.82) is 0 Å². The van der Waals surface area contributed by atoms with Crippen molar-refractivity contribution < 1.29 is 4.79 Å². The van der Waals surface area contributed by atoms with Gasteiger partial charge < -0.3 is 15.5 Å². The third kappa shape index (κ3) is 8.53. The largest absolute Gasteiger partial charge is 0.357 e. The lowest BCUT2D eigenvalue weighted by atomic mass is 10.1. The first-order valence-corrected chi connectivity index (χ1v) is 10.9. The highest BCUT2D eigenvalue weighted by Crippen LogP contribution is 2.08. The Morgan fingerprint density at radius 2 is 1.79 bits per heavy atom. The first-order valence-electron chi connectivity index (χ1n) is 10.9. The second-order valence-corrected chi connectivity index (χ2v) is 7.80. The van der Waals surface area contributed by atoms with Crippen molar-refractivity contribution in [3.63, 3.8) is 0 Å². The highest BCUT2D eigenvalue weighted by Gasteiger charge is 2.08. The molecule has 1 aromatic heterocycles. The van der Waals surface area contributed by atoms with Crippen LogP contribution in [0.25, 0.3) is 0 Å². The molecule has 8 heteroatoms. The van der Waals surface area contributed by atoms with E-state index in [1.807, 2.05) is 66.5 Å². The van der Waals surface area contributed by atoms with Crippen LogP contribution in [0.5, 0.6) is 0 Å². The van der Waals surface area contributed by atoms with Crippen LogP contribution in [0.3, 0.4) is 0 Å². The Kier molecular flexibility index (Phi) is 10.9. The van der Waals surface area contributed by atoms with Gasteiger partial charge in [0.2, 0.25) is 0 Å². The Hall–Kier alpha value is -2.88. The van der Waals surface area contributed by atoms with Crippen molar-refractivity contribution in [3.8, 4) is 0 Å². The van der Waals surface area contributed by atoms with E-state index in [1.54, 1.807) is 19.0 Å². The quantitative estimate of drug-likeness (QED) is 0.239. The van der Waals surface area contributed by atoms with Crippen LogP contribution in [0.15, 0.2) is 72.0 Å². The average Bonchev–Trinajstić information content (AvgIpc) is 3.25. The smallest absolute Gasteiger partial charge is 0.253 e. The number of benzene rings is 2. The second-order valence-electron chi connectivity index (χ2n) is 7.80. The number of aromatic nitrogens is 2. The van der Waals surface area contributed by atoms with Crippen molar-refractivity contribution in [1.82, 2.24) is 25.3 Å². The average molecular weight is 560 g/mol. The van der Waals surface area contributed by atoms with E-state index < -0.39 is 0 Å². The summed E-state index contributed by atoms with van der Waals surface area (Å²) in [6.07, 6.45) is 4.70. The summed E-state index contributed by atoms with van der Waals surface area (Å²) in [5.74, 6) is 0.784. The summed E-state index contributed by atoms with van der Waals surface area (Å²) in [7, 11) is 3.53. The molecule has 2 N–H and O–H groups in total. The van der Waals surface area contributed by atoms with Crippen LogP contribution in [-0.4, -0.2) is 53.7 Å². The van der Waals surface area contributed by atoms with E-state index in [1.165, 1.54) is 5.56 Å². The maximum Gasteiger partial charge on any atom is 0.253 e. The first-order chi connectivity index (χ1) is 15.5. The van der Waals surface area contributed by atoms with Gasteiger partial charge in [0.25, 0.3) is 5.91 Å². The van der Waals surface area contributed by atoms with Crippen LogP contribution in [-0.2, 0) is 19.5 Å². The van der Waals surface area contributed by atoms with Gasteiger partial charge in [0, 0.05) is 44.5 Å². The van der Waals surface area contributed by atoms with Crippen LogP contribution < -0.4 is 10.6 Å². The SMILES string of the molecule is CCNC(=NCc1cnn(Cc2ccccc2)c1)NCCc1cccc(C(=O)N(C)C)c1.I. The predicted octanol–water partition coefficient (Wildman–Crippen LogP) is 3.55. The van der Waals surface area contributed by atoms with Crippen LogP contribution in [0.2, 0.25) is 0 Å². The van der Waals surface area contributed by atoms with Crippen molar-refractivity contribution in [2.24, 2.45) is 4.99 Å². The monoisotopic (exact) mass is 560 g/mol. The highest BCUT2D eigenvalue weighted by atomic mass is 127. The van der Waals surface area contributed by atoms with Crippen molar-refractivity contribution in [3.05, 3.63) is 89.2 Å². The van der Waals surface area contributed by atoms with Gasteiger partial charge in [-0.3, -0.25) is 9.48 Å². The summed E-state index contributed by atoms with van der Waals surface area (Å²) in [5.41, 5.74) is 4.11. The standard InChI is InChI=1S/C25H32N6O.HI/c1-4-26-25(27-14-13-20-11-8-12-23(15-20)24(32)30(2)3)28-16-22-17-29-31(19-22)18-21-9-6-5-7-10-21;/h5-12,15,17,19H,4,13-14,16,18H2,1-3H3,(H2,26,27,28);1H. The molecule has 0 aliphatic rings. The zero-order chi connectivity index (χ0) is 22.8. The number of guanidine groups is 1. The zero-order valence-corrected chi connectivity index (χ0v) is 21.8. The van der Waals surface area contributed by atoms with E-state index in [2.05, 4.69) is 32.9 Å². The Morgan fingerprint density at radius 1 is 1.03 bits per heavy atom. The van der Waals surface area contributed by atoms with Crippen LogP contribution in [0, 0.1) is 0 Å². The van der Waals surface area contributed by atoms with Gasteiger partial charge in [0.05, 0.1) is 19.3 Å². The highest BCUT2D eigenvalue weighted by molar-refractivity contribution is 14.0. The van der Waals surface area contributed by atoms with Crippen LogP contribution >= 0.6 is 24.0 Å². The minimum absolute atomic E-state index is 0. The molecule has 0 unspecified atom stereocenters. The number of carbonyl (C=O) groups excluding carboxylic acids is 1. The number of hydrogen-bond donors (Lipinski definition) is 2. The molecule has 176 valence electrons. The van der Waals surface area contributed by atoms with E-state index in [4.69, 9.17) is 0 Å². The fourth-order valence-corrected chi connectivity index (χ4v) is 3.30. The molecule has 2 aromatic carbocycles. The molecule has 0 fully saturated rings. The molecular weight excluding hydrogens is 527 g/mol. The van der Waals surface area contributed by atoms with Gasteiger partial charge in [-0.1, -0.05) is 42.5 Å². The summed E-state index contributed by atoms with van der Waals surface area (Å²) in [4.78, 5) is 18.4. The lowest BCUT2D eigenvalue weighted by Crippen LogP contribution is -2.38. The molecule has 0 aliphatic carbocycles. The minimum atomic E-state index is 0. The molecule has 0 bridgehead atoms. The number of rotatable bonds is 9. The van der Waals surface area contributed by atoms with Crippen LogP contribution in [0.1, 0.15) is 34.0 Å². The molecular formula is C25H33IN6O. The number of amides is 1. The first kappa shape index (κ1) is 26.4. The van der Waals surface area contributed by atoms with Gasteiger partial charge in [0.15, 0.2) is 5.96 Å².